The van der Waals surface area contributed by atoms with Gasteiger partial charge in [-0.05, 0) is 34.1 Å². The van der Waals surface area contributed by atoms with Gasteiger partial charge >= 0.3 is 0 Å². The molecule has 1 heterocycles. The van der Waals surface area contributed by atoms with Crippen LogP contribution in [0.4, 0.5) is 0 Å². The number of nitrogens with zero attached hydrogens (tertiary/aromatic N) is 1. The Bertz CT molecular complexity index is 524. The SMILES string of the molecule is NC(=O)C1COCCN1C(=O)c1ccc(Cl)c(Br)c1. The van der Waals surface area contributed by atoms with E-state index in [9.17, 15) is 9.59 Å². The van der Waals surface area contributed by atoms with Gasteiger partial charge in [-0.15, -0.1) is 0 Å². The molecule has 1 unspecified atom stereocenters. The van der Waals surface area contributed by atoms with Crippen LogP contribution in [0.1, 0.15) is 10.4 Å². The molecule has 0 aromatic heterocycles. The van der Waals surface area contributed by atoms with Crippen LogP contribution in [-0.2, 0) is 9.53 Å². The summed E-state index contributed by atoms with van der Waals surface area (Å²) in [5.41, 5.74) is 5.73. The second-order valence-electron chi connectivity index (χ2n) is 4.12. The first-order chi connectivity index (χ1) is 9.00. The molecule has 1 fully saturated rings. The molecule has 0 aliphatic carbocycles. The molecule has 0 saturated carbocycles. The van der Waals surface area contributed by atoms with Crippen LogP contribution in [0.15, 0.2) is 22.7 Å². The Balaban J connectivity index is 2.26. The molecule has 102 valence electrons. The third kappa shape index (κ3) is 3.08. The molecule has 1 aromatic carbocycles. The lowest BCUT2D eigenvalue weighted by molar-refractivity contribution is -0.127. The number of benzene rings is 1. The maximum absolute atomic E-state index is 12.4. The summed E-state index contributed by atoms with van der Waals surface area (Å²) in [5, 5.41) is 0.518. The van der Waals surface area contributed by atoms with Gasteiger partial charge in [-0.3, -0.25) is 9.59 Å². The highest BCUT2D eigenvalue weighted by atomic mass is 79.9. The van der Waals surface area contributed by atoms with Crippen LogP contribution in [0.3, 0.4) is 0 Å². The second-order valence-corrected chi connectivity index (χ2v) is 5.38. The zero-order valence-electron chi connectivity index (χ0n) is 9.94. The highest BCUT2D eigenvalue weighted by molar-refractivity contribution is 9.10. The summed E-state index contributed by atoms with van der Waals surface area (Å²) in [7, 11) is 0. The molecule has 2 N–H and O–H groups in total. The van der Waals surface area contributed by atoms with Crippen molar-refractivity contribution in [3.63, 3.8) is 0 Å². The van der Waals surface area contributed by atoms with Crippen LogP contribution in [0.25, 0.3) is 0 Å². The molecule has 1 atom stereocenters. The van der Waals surface area contributed by atoms with Gasteiger partial charge < -0.3 is 15.4 Å². The summed E-state index contributed by atoms with van der Waals surface area (Å²) in [5.74, 6) is -0.828. The van der Waals surface area contributed by atoms with Crippen LogP contribution in [0.5, 0.6) is 0 Å². The molecule has 1 saturated heterocycles. The van der Waals surface area contributed by atoms with E-state index in [2.05, 4.69) is 15.9 Å². The zero-order chi connectivity index (χ0) is 14.0. The van der Waals surface area contributed by atoms with Crippen molar-refractivity contribution in [1.82, 2.24) is 4.90 Å². The molecule has 0 bridgehead atoms. The van der Waals surface area contributed by atoms with Crippen molar-refractivity contribution in [2.24, 2.45) is 5.73 Å². The first-order valence-electron chi connectivity index (χ1n) is 5.64. The van der Waals surface area contributed by atoms with Crippen molar-refractivity contribution in [3.8, 4) is 0 Å². The normalized spacial score (nSPS) is 19.3. The lowest BCUT2D eigenvalue weighted by Gasteiger charge is -2.33. The van der Waals surface area contributed by atoms with E-state index in [1.165, 1.54) is 4.90 Å². The summed E-state index contributed by atoms with van der Waals surface area (Å²) in [6.45, 7) is 0.868. The molecule has 2 rings (SSSR count). The Kier molecular flexibility index (Phi) is 4.44. The molecule has 19 heavy (non-hydrogen) atoms. The average Bonchev–Trinajstić information content (AvgIpc) is 2.41. The molecule has 0 radical (unpaired) electrons. The molecule has 0 spiro atoms. The van der Waals surface area contributed by atoms with Crippen molar-refractivity contribution in [1.29, 1.82) is 0 Å². The van der Waals surface area contributed by atoms with E-state index in [1.54, 1.807) is 18.2 Å². The number of morpholine rings is 1. The second kappa shape index (κ2) is 5.90. The van der Waals surface area contributed by atoms with E-state index in [-0.39, 0.29) is 12.5 Å². The zero-order valence-corrected chi connectivity index (χ0v) is 12.3. The van der Waals surface area contributed by atoms with E-state index in [0.717, 1.165) is 0 Å². The van der Waals surface area contributed by atoms with Crippen molar-refractivity contribution in [2.45, 2.75) is 6.04 Å². The monoisotopic (exact) mass is 346 g/mol. The largest absolute Gasteiger partial charge is 0.377 e. The first kappa shape index (κ1) is 14.3. The molecule has 1 aliphatic heterocycles. The van der Waals surface area contributed by atoms with Crippen molar-refractivity contribution in [2.75, 3.05) is 19.8 Å². The van der Waals surface area contributed by atoms with Crippen LogP contribution in [0, 0.1) is 0 Å². The lowest BCUT2D eigenvalue weighted by atomic mass is 10.1. The summed E-state index contributed by atoms with van der Waals surface area (Å²) in [4.78, 5) is 25.1. The summed E-state index contributed by atoms with van der Waals surface area (Å²) >= 11 is 9.15. The molecule has 2 amide bonds. The lowest BCUT2D eigenvalue weighted by Crippen LogP contribution is -2.54. The number of amides is 2. The maximum atomic E-state index is 12.4. The van der Waals surface area contributed by atoms with Crippen LogP contribution in [0.2, 0.25) is 5.02 Å². The number of primary amides is 1. The number of rotatable bonds is 2. The number of hydrogen-bond acceptors (Lipinski definition) is 3. The molecular formula is C12H12BrClN2O3. The smallest absolute Gasteiger partial charge is 0.254 e. The van der Waals surface area contributed by atoms with Crippen molar-refractivity contribution < 1.29 is 14.3 Å². The molecular weight excluding hydrogens is 336 g/mol. The van der Waals surface area contributed by atoms with Gasteiger partial charge in [-0.2, -0.15) is 0 Å². The predicted molar refractivity (Wildman–Crippen MR) is 74.0 cm³/mol. The van der Waals surface area contributed by atoms with Gasteiger partial charge in [0, 0.05) is 16.6 Å². The van der Waals surface area contributed by atoms with Gasteiger partial charge in [0.1, 0.15) is 6.04 Å². The molecule has 1 aromatic rings. The van der Waals surface area contributed by atoms with Crippen molar-refractivity contribution in [3.05, 3.63) is 33.3 Å². The Labute approximate surface area is 123 Å². The third-order valence-electron chi connectivity index (χ3n) is 2.88. The van der Waals surface area contributed by atoms with Gasteiger partial charge in [-0.25, -0.2) is 0 Å². The van der Waals surface area contributed by atoms with Gasteiger partial charge in [0.2, 0.25) is 5.91 Å². The number of nitrogens with two attached hydrogens (primary N) is 1. The Morgan fingerprint density at radius 2 is 2.21 bits per heavy atom. The quantitative estimate of drug-likeness (QED) is 0.879. The minimum atomic E-state index is -0.726. The highest BCUT2D eigenvalue weighted by Crippen LogP contribution is 2.24. The summed E-state index contributed by atoms with van der Waals surface area (Å²) in [6, 6.07) is 4.13. The van der Waals surface area contributed by atoms with Crippen LogP contribution < -0.4 is 5.73 Å². The molecule has 5 nitrogen and oxygen atoms in total. The standard InChI is InChI=1S/C12H12BrClN2O3/c13-8-5-7(1-2-9(8)14)12(18)16-3-4-19-6-10(16)11(15)17/h1-2,5,10H,3-4,6H2,(H2,15,17). The van der Waals surface area contributed by atoms with Gasteiger partial charge in [0.15, 0.2) is 0 Å². The Morgan fingerprint density at radius 3 is 2.84 bits per heavy atom. The average molecular weight is 348 g/mol. The minimum Gasteiger partial charge on any atom is -0.377 e. The number of hydrogen-bond donors (Lipinski definition) is 1. The topological polar surface area (TPSA) is 72.6 Å². The van der Waals surface area contributed by atoms with E-state index in [1.807, 2.05) is 0 Å². The molecule has 1 aliphatic rings. The van der Waals surface area contributed by atoms with E-state index >= 15 is 0 Å². The fraction of sp³-hybridized carbons (Fsp3) is 0.333. The Morgan fingerprint density at radius 1 is 1.47 bits per heavy atom. The van der Waals surface area contributed by atoms with E-state index in [0.29, 0.717) is 28.2 Å². The fourth-order valence-electron chi connectivity index (χ4n) is 1.88. The first-order valence-corrected chi connectivity index (χ1v) is 6.81. The number of carbonyl (C=O) groups is 2. The van der Waals surface area contributed by atoms with E-state index < -0.39 is 11.9 Å². The fourth-order valence-corrected chi connectivity index (χ4v) is 2.37. The number of carbonyl (C=O) groups excluding carboxylic acids is 2. The van der Waals surface area contributed by atoms with Crippen LogP contribution in [-0.4, -0.2) is 42.5 Å². The Hall–Kier alpha value is -1.11. The predicted octanol–water partition coefficient (Wildman–Crippen LogP) is 1.43. The number of ether oxygens (including phenoxy) is 1. The van der Waals surface area contributed by atoms with E-state index in [4.69, 9.17) is 22.1 Å². The van der Waals surface area contributed by atoms with Gasteiger partial charge in [-0.1, -0.05) is 11.6 Å². The number of halogens is 2. The van der Waals surface area contributed by atoms with Crippen molar-refractivity contribution >= 4 is 39.3 Å². The summed E-state index contributed by atoms with van der Waals surface area (Å²) < 4.78 is 5.81. The summed E-state index contributed by atoms with van der Waals surface area (Å²) in [6.07, 6.45) is 0. The van der Waals surface area contributed by atoms with Gasteiger partial charge in [0.05, 0.1) is 18.2 Å². The highest BCUT2D eigenvalue weighted by Gasteiger charge is 2.32. The third-order valence-corrected chi connectivity index (χ3v) is 4.10. The van der Waals surface area contributed by atoms with Crippen LogP contribution >= 0.6 is 27.5 Å². The maximum Gasteiger partial charge on any atom is 0.254 e. The minimum absolute atomic E-state index is 0.135. The molecule has 7 heteroatoms. The van der Waals surface area contributed by atoms with Gasteiger partial charge in [0.25, 0.3) is 5.91 Å².